The lowest BCUT2D eigenvalue weighted by atomic mass is 10.3. The number of para-hydroxylation sites is 1. The molecule has 0 radical (unpaired) electrons. The van der Waals surface area contributed by atoms with Crippen LogP contribution in [0, 0.1) is 10.1 Å². The summed E-state index contributed by atoms with van der Waals surface area (Å²) in [5.74, 6) is -0.220. The first kappa shape index (κ1) is 13.5. The minimum absolute atomic E-state index is 0.0153. The van der Waals surface area contributed by atoms with Gasteiger partial charge < -0.3 is 10.6 Å². The van der Waals surface area contributed by atoms with Crippen LogP contribution in [0.3, 0.4) is 0 Å². The molecule has 2 N–H and O–H groups in total. The second-order valence-corrected chi connectivity index (χ2v) is 4.08. The minimum atomic E-state index is -0.477. The number of nitro benzene ring substituents is 1. The summed E-state index contributed by atoms with van der Waals surface area (Å²) < 4.78 is 0. The maximum atomic E-state index is 11.7. The van der Waals surface area contributed by atoms with E-state index in [0.29, 0.717) is 11.4 Å². The maximum absolute atomic E-state index is 11.7. The van der Waals surface area contributed by atoms with Crippen LogP contribution >= 0.6 is 0 Å². The second-order valence-electron chi connectivity index (χ2n) is 4.08. The van der Waals surface area contributed by atoms with E-state index in [1.54, 1.807) is 24.3 Å². The molecule has 0 fully saturated rings. The van der Waals surface area contributed by atoms with Crippen LogP contribution in [0.2, 0.25) is 0 Å². The van der Waals surface area contributed by atoms with E-state index >= 15 is 0 Å². The summed E-state index contributed by atoms with van der Waals surface area (Å²) in [5, 5.41) is 16.2. The first-order valence-corrected chi connectivity index (χ1v) is 5.98. The van der Waals surface area contributed by atoms with Gasteiger partial charge in [0.2, 0.25) is 5.91 Å². The van der Waals surface area contributed by atoms with Crippen molar-refractivity contribution in [2.24, 2.45) is 0 Å². The van der Waals surface area contributed by atoms with Crippen molar-refractivity contribution in [3.63, 3.8) is 0 Å². The highest BCUT2D eigenvalue weighted by molar-refractivity contribution is 5.93. The molecular formula is C14H13N3O3. The molecular weight excluding hydrogens is 258 g/mol. The van der Waals surface area contributed by atoms with Crippen LogP contribution < -0.4 is 10.6 Å². The highest BCUT2D eigenvalue weighted by atomic mass is 16.6. The summed E-state index contributed by atoms with van der Waals surface area (Å²) in [6, 6.07) is 15.1. The zero-order valence-electron chi connectivity index (χ0n) is 10.6. The number of nitrogens with zero attached hydrogens (tertiary/aromatic N) is 1. The fourth-order valence-corrected chi connectivity index (χ4v) is 1.64. The van der Waals surface area contributed by atoms with Crippen LogP contribution in [-0.4, -0.2) is 17.4 Å². The summed E-state index contributed by atoms with van der Waals surface area (Å²) >= 11 is 0. The number of carbonyl (C=O) groups is 1. The average Bonchev–Trinajstić information content (AvgIpc) is 2.46. The monoisotopic (exact) mass is 271 g/mol. The summed E-state index contributed by atoms with van der Waals surface area (Å²) in [7, 11) is 0. The van der Waals surface area contributed by atoms with Crippen LogP contribution in [0.5, 0.6) is 0 Å². The Balaban J connectivity index is 1.90. The molecule has 0 aliphatic carbocycles. The number of rotatable bonds is 5. The lowest BCUT2D eigenvalue weighted by Crippen LogP contribution is -2.21. The maximum Gasteiger partial charge on any atom is 0.271 e. The van der Waals surface area contributed by atoms with E-state index in [4.69, 9.17) is 0 Å². The number of amides is 1. The quantitative estimate of drug-likeness (QED) is 0.646. The number of hydrogen-bond donors (Lipinski definition) is 2. The summed E-state index contributed by atoms with van der Waals surface area (Å²) in [5.41, 5.74) is 1.22. The third-order valence-corrected chi connectivity index (χ3v) is 2.57. The van der Waals surface area contributed by atoms with Gasteiger partial charge in [-0.15, -0.1) is 0 Å². The third-order valence-electron chi connectivity index (χ3n) is 2.57. The van der Waals surface area contributed by atoms with Crippen LogP contribution in [0.15, 0.2) is 54.6 Å². The van der Waals surface area contributed by atoms with Gasteiger partial charge in [-0.25, -0.2) is 0 Å². The Morgan fingerprint density at radius 1 is 1.05 bits per heavy atom. The smallest absolute Gasteiger partial charge is 0.271 e. The van der Waals surface area contributed by atoms with Crippen LogP contribution in [0.4, 0.5) is 17.1 Å². The molecule has 0 heterocycles. The van der Waals surface area contributed by atoms with Crippen molar-refractivity contribution in [2.75, 3.05) is 17.2 Å². The van der Waals surface area contributed by atoms with Gasteiger partial charge in [-0.2, -0.15) is 0 Å². The standard InChI is InChI=1S/C14H13N3O3/c18-14(16-11-5-2-1-3-6-11)10-15-12-7-4-8-13(9-12)17(19)20/h1-9,15H,10H2,(H,16,18). The van der Waals surface area contributed by atoms with Crippen molar-refractivity contribution in [1.29, 1.82) is 0 Å². The molecule has 0 aliphatic rings. The van der Waals surface area contributed by atoms with E-state index in [1.165, 1.54) is 12.1 Å². The first-order valence-electron chi connectivity index (χ1n) is 5.98. The molecule has 0 bridgehead atoms. The van der Waals surface area contributed by atoms with Crippen molar-refractivity contribution in [3.05, 3.63) is 64.7 Å². The Bertz CT molecular complexity index is 614. The van der Waals surface area contributed by atoms with Gasteiger partial charge in [0.05, 0.1) is 11.5 Å². The lowest BCUT2D eigenvalue weighted by Gasteiger charge is -2.07. The predicted octanol–water partition coefficient (Wildman–Crippen LogP) is 2.65. The largest absolute Gasteiger partial charge is 0.376 e. The molecule has 0 aliphatic heterocycles. The number of benzene rings is 2. The highest BCUT2D eigenvalue weighted by Gasteiger charge is 2.06. The van der Waals surface area contributed by atoms with E-state index < -0.39 is 4.92 Å². The number of carbonyl (C=O) groups excluding carboxylic acids is 1. The van der Waals surface area contributed by atoms with Gasteiger partial charge in [0.1, 0.15) is 0 Å². The zero-order chi connectivity index (χ0) is 14.4. The van der Waals surface area contributed by atoms with Crippen molar-refractivity contribution in [1.82, 2.24) is 0 Å². The SMILES string of the molecule is O=C(CNc1cccc([N+](=O)[O-])c1)Nc1ccccc1. The van der Waals surface area contributed by atoms with Crippen molar-refractivity contribution in [2.45, 2.75) is 0 Å². The van der Waals surface area contributed by atoms with E-state index in [0.717, 1.165) is 0 Å². The van der Waals surface area contributed by atoms with Gasteiger partial charge in [-0.05, 0) is 18.2 Å². The fourth-order valence-electron chi connectivity index (χ4n) is 1.64. The van der Waals surface area contributed by atoms with Gasteiger partial charge in [0.15, 0.2) is 0 Å². The molecule has 0 saturated heterocycles. The van der Waals surface area contributed by atoms with E-state index in [2.05, 4.69) is 10.6 Å². The second kappa shape index (κ2) is 6.33. The lowest BCUT2D eigenvalue weighted by molar-refractivity contribution is -0.384. The molecule has 0 unspecified atom stereocenters. The third kappa shape index (κ3) is 3.81. The van der Waals surface area contributed by atoms with Crippen LogP contribution in [-0.2, 0) is 4.79 Å². The number of non-ortho nitro benzene ring substituents is 1. The number of nitro groups is 1. The topological polar surface area (TPSA) is 84.3 Å². The van der Waals surface area contributed by atoms with Crippen molar-refractivity contribution >= 4 is 23.0 Å². The number of anilines is 2. The molecule has 0 atom stereocenters. The Morgan fingerprint density at radius 3 is 2.45 bits per heavy atom. The van der Waals surface area contributed by atoms with Gasteiger partial charge in [-0.1, -0.05) is 24.3 Å². The molecule has 20 heavy (non-hydrogen) atoms. The summed E-state index contributed by atoms with van der Waals surface area (Å²) in [6.45, 7) is 0.0378. The molecule has 2 aromatic rings. The zero-order valence-corrected chi connectivity index (χ0v) is 10.6. The van der Waals surface area contributed by atoms with Crippen LogP contribution in [0.1, 0.15) is 0 Å². The molecule has 2 rings (SSSR count). The molecule has 0 spiro atoms. The van der Waals surface area contributed by atoms with E-state index in [-0.39, 0.29) is 18.1 Å². The Morgan fingerprint density at radius 2 is 1.75 bits per heavy atom. The first-order chi connectivity index (χ1) is 9.65. The van der Waals surface area contributed by atoms with Gasteiger partial charge in [0.25, 0.3) is 5.69 Å². The van der Waals surface area contributed by atoms with Crippen LogP contribution in [0.25, 0.3) is 0 Å². The fraction of sp³-hybridized carbons (Fsp3) is 0.0714. The van der Waals surface area contributed by atoms with Gasteiger partial charge in [0, 0.05) is 23.5 Å². The molecule has 0 aromatic heterocycles. The average molecular weight is 271 g/mol. The Labute approximate surface area is 115 Å². The predicted molar refractivity (Wildman–Crippen MR) is 76.7 cm³/mol. The number of hydrogen-bond acceptors (Lipinski definition) is 4. The summed E-state index contributed by atoms with van der Waals surface area (Å²) in [6.07, 6.45) is 0. The molecule has 0 saturated carbocycles. The molecule has 2 aromatic carbocycles. The van der Waals surface area contributed by atoms with Gasteiger partial charge in [-0.3, -0.25) is 14.9 Å². The molecule has 6 nitrogen and oxygen atoms in total. The van der Waals surface area contributed by atoms with Gasteiger partial charge >= 0.3 is 0 Å². The summed E-state index contributed by atoms with van der Waals surface area (Å²) in [4.78, 5) is 21.9. The molecule has 1 amide bonds. The van der Waals surface area contributed by atoms with E-state index in [9.17, 15) is 14.9 Å². The molecule has 102 valence electrons. The molecule has 6 heteroatoms. The normalized spacial score (nSPS) is 9.80. The van der Waals surface area contributed by atoms with Crippen molar-refractivity contribution < 1.29 is 9.72 Å². The Kier molecular flexibility index (Phi) is 4.28. The van der Waals surface area contributed by atoms with E-state index in [1.807, 2.05) is 18.2 Å². The van der Waals surface area contributed by atoms with Crippen molar-refractivity contribution in [3.8, 4) is 0 Å². The Hall–Kier alpha value is -2.89. The highest BCUT2D eigenvalue weighted by Crippen LogP contribution is 2.16. The minimum Gasteiger partial charge on any atom is -0.376 e. The number of nitrogens with one attached hydrogen (secondary N) is 2.